The zero-order valence-corrected chi connectivity index (χ0v) is 14.1. The summed E-state index contributed by atoms with van der Waals surface area (Å²) in [5.74, 6) is 1.46. The summed E-state index contributed by atoms with van der Waals surface area (Å²) in [7, 11) is 1.74. The molecule has 0 aliphatic carbocycles. The lowest BCUT2D eigenvalue weighted by atomic mass is 10.1. The van der Waals surface area contributed by atoms with Crippen LogP contribution in [0.5, 0.6) is 5.75 Å². The maximum absolute atomic E-state index is 5.91. The van der Waals surface area contributed by atoms with Crippen molar-refractivity contribution in [3.63, 3.8) is 0 Å². The number of nitrogens with one attached hydrogen (secondary N) is 1. The van der Waals surface area contributed by atoms with Gasteiger partial charge >= 0.3 is 0 Å². The van der Waals surface area contributed by atoms with Gasteiger partial charge < -0.3 is 10.1 Å². The normalized spacial score (nSPS) is 10.9. The molecule has 1 aromatic carbocycles. The summed E-state index contributed by atoms with van der Waals surface area (Å²) >= 11 is 3.53. The van der Waals surface area contributed by atoms with E-state index in [4.69, 9.17) is 4.74 Å². The van der Waals surface area contributed by atoms with Crippen molar-refractivity contribution < 1.29 is 4.74 Å². The second-order valence-corrected chi connectivity index (χ2v) is 5.79. The number of halogens is 1. The van der Waals surface area contributed by atoms with Gasteiger partial charge in [-0.2, -0.15) is 4.80 Å². The van der Waals surface area contributed by atoms with Gasteiger partial charge in [0.25, 0.3) is 0 Å². The van der Waals surface area contributed by atoms with Gasteiger partial charge in [-0.25, -0.2) is 0 Å². The summed E-state index contributed by atoms with van der Waals surface area (Å²) in [5.41, 5.74) is 2.21. The molecule has 0 fully saturated rings. The molecule has 114 valence electrons. The standard InChI is InChI=1S/C14H20BrN5O/c1-4-5-16-8-11-7-12(15)6-10(2)14(11)21-9-13-17-19-20(3)18-13/h6-7,16H,4-5,8-9H2,1-3H3. The summed E-state index contributed by atoms with van der Waals surface area (Å²) in [5, 5.41) is 15.3. The van der Waals surface area contributed by atoms with Crippen molar-refractivity contribution in [3.05, 3.63) is 33.6 Å². The second kappa shape index (κ2) is 7.51. The Bertz CT molecular complexity index is 599. The summed E-state index contributed by atoms with van der Waals surface area (Å²) in [4.78, 5) is 1.43. The van der Waals surface area contributed by atoms with E-state index < -0.39 is 0 Å². The Morgan fingerprint density at radius 2 is 2.19 bits per heavy atom. The first-order chi connectivity index (χ1) is 10.1. The van der Waals surface area contributed by atoms with Crippen LogP contribution in [0, 0.1) is 6.92 Å². The van der Waals surface area contributed by atoms with Crippen LogP contribution in [-0.2, 0) is 20.2 Å². The van der Waals surface area contributed by atoms with E-state index in [-0.39, 0.29) is 0 Å². The van der Waals surface area contributed by atoms with Crippen LogP contribution < -0.4 is 10.1 Å². The predicted octanol–water partition coefficient (Wildman–Crippen LogP) is 2.36. The van der Waals surface area contributed by atoms with E-state index in [9.17, 15) is 0 Å². The van der Waals surface area contributed by atoms with E-state index in [2.05, 4.69) is 49.6 Å². The molecule has 0 bridgehead atoms. The van der Waals surface area contributed by atoms with E-state index >= 15 is 0 Å². The van der Waals surface area contributed by atoms with Crippen molar-refractivity contribution in [2.75, 3.05) is 6.54 Å². The third-order valence-corrected chi connectivity index (χ3v) is 3.41. The Balaban J connectivity index is 2.12. The van der Waals surface area contributed by atoms with Gasteiger partial charge in [-0.1, -0.05) is 22.9 Å². The smallest absolute Gasteiger partial charge is 0.212 e. The van der Waals surface area contributed by atoms with E-state index in [1.165, 1.54) is 4.80 Å². The van der Waals surface area contributed by atoms with Crippen LogP contribution in [0.3, 0.4) is 0 Å². The summed E-state index contributed by atoms with van der Waals surface area (Å²) in [6, 6.07) is 4.12. The quantitative estimate of drug-likeness (QED) is 0.774. The van der Waals surface area contributed by atoms with Gasteiger partial charge in [0, 0.05) is 16.6 Å². The monoisotopic (exact) mass is 353 g/mol. The number of nitrogens with zero attached hydrogens (tertiary/aromatic N) is 4. The average molecular weight is 354 g/mol. The van der Waals surface area contributed by atoms with Crippen molar-refractivity contribution >= 4 is 15.9 Å². The van der Waals surface area contributed by atoms with Crippen LogP contribution >= 0.6 is 15.9 Å². The number of rotatable bonds is 7. The first kappa shape index (κ1) is 15.9. The first-order valence-corrected chi connectivity index (χ1v) is 7.75. The first-order valence-electron chi connectivity index (χ1n) is 6.95. The molecule has 2 rings (SSSR count). The Kier molecular flexibility index (Phi) is 5.69. The van der Waals surface area contributed by atoms with Crippen molar-refractivity contribution in [1.29, 1.82) is 0 Å². The van der Waals surface area contributed by atoms with Crippen LogP contribution in [-0.4, -0.2) is 26.8 Å². The molecule has 21 heavy (non-hydrogen) atoms. The molecule has 1 N–H and O–H groups in total. The van der Waals surface area contributed by atoms with Gasteiger partial charge in [-0.15, -0.1) is 10.2 Å². The van der Waals surface area contributed by atoms with E-state index in [0.29, 0.717) is 12.4 Å². The molecule has 6 nitrogen and oxygen atoms in total. The maximum Gasteiger partial charge on any atom is 0.212 e. The van der Waals surface area contributed by atoms with Gasteiger partial charge in [0.2, 0.25) is 5.82 Å². The number of ether oxygens (including phenoxy) is 1. The molecule has 1 heterocycles. The molecule has 1 aromatic heterocycles. The van der Waals surface area contributed by atoms with Gasteiger partial charge in [-0.3, -0.25) is 0 Å². The molecular formula is C14H20BrN5O. The minimum Gasteiger partial charge on any atom is -0.485 e. The molecule has 0 spiro atoms. The van der Waals surface area contributed by atoms with E-state index in [0.717, 1.165) is 40.9 Å². The molecule has 0 unspecified atom stereocenters. The van der Waals surface area contributed by atoms with Crippen LogP contribution in [0.4, 0.5) is 0 Å². The number of hydrogen-bond acceptors (Lipinski definition) is 5. The number of aryl methyl sites for hydroxylation is 2. The highest BCUT2D eigenvalue weighted by Crippen LogP contribution is 2.28. The van der Waals surface area contributed by atoms with Crippen LogP contribution in [0.2, 0.25) is 0 Å². The zero-order valence-electron chi connectivity index (χ0n) is 12.6. The fourth-order valence-corrected chi connectivity index (χ4v) is 2.67. The number of aromatic nitrogens is 4. The fraction of sp³-hybridized carbons (Fsp3) is 0.500. The summed E-state index contributed by atoms with van der Waals surface area (Å²) in [6.07, 6.45) is 1.10. The Morgan fingerprint density at radius 1 is 1.38 bits per heavy atom. The molecule has 0 amide bonds. The molecule has 0 saturated carbocycles. The van der Waals surface area contributed by atoms with Crippen LogP contribution in [0.1, 0.15) is 30.3 Å². The highest BCUT2D eigenvalue weighted by Gasteiger charge is 2.11. The van der Waals surface area contributed by atoms with Gasteiger partial charge in [0.1, 0.15) is 5.75 Å². The molecule has 7 heteroatoms. The average Bonchev–Trinajstić information content (AvgIpc) is 2.83. The molecule has 2 aromatic rings. The SMILES string of the molecule is CCCNCc1cc(Br)cc(C)c1OCc1nnn(C)n1. The van der Waals surface area contributed by atoms with Crippen molar-refractivity contribution in [2.45, 2.75) is 33.4 Å². The van der Waals surface area contributed by atoms with Gasteiger partial charge in [0.15, 0.2) is 6.61 Å². The molecule has 0 radical (unpaired) electrons. The molecular weight excluding hydrogens is 334 g/mol. The topological polar surface area (TPSA) is 64.9 Å². The molecule has 0 atom stereocenters. The van der Waals surface area contributed by atoms with E-state index in [1.807, 2.05) is 13.0 Å². The van der Waals surface area contributed by atoms with Gasteiger partial charge in [-0.05, 0) is 42.8 Å². The summed E-state index contributed by atoms with van der Waals surface area (Å²) < 4.78 is 6.97. The highest BCUT2D eigenvalue weighted by atomic mass is 79.9. The lowest BCUT2D eigenvalue weighted by molar-refractivity contribution is 0.289. The lowest BCUT2D eigenvalue weighted by Crippen LogP contribution is -2.15. The fourth-order valence-electron chi connectivity index (χ4n) is 2.05. The van der Waals surface area contributed by atoms with E-state index in [1.54, 1.807) is 7.05 Å². The number of benzene rings is 1. The lowest BCUT2D eigenvalue weighted by Gasteiger charge is -2.14. The van der Waals surface area contributed by atoms with Gasteiger partial charge in [0.05, 0.1) is 7.05 Å². The minimum absolute atomic E-state index is 0.317. The number of tetrazole rings is 1. The maximum atomic E-state index is 5.91. The Labute approximate surface area is 133 Å². The van der Waals surface area contributed by atoms with Crippen molar-refractivity contribution in [1.82, 2.24) is 25.5 Å². The zero-order chi connectivity index (χ0) is 15.2. The Morgan fingerprint density at radius 3 is 2.86 bits per heavy atom. The Hall–Kier alpha value is -1.47. The molecule has 0 saturated heterocycles. The molecule has 0 aliphatic heterocycles. The highest BCUT2D eigenvalue weighted by molar-refractivity contribution is 9.10. The third-order valence-electron chi connectivity index (χ3n) is 2.95. The predicted molar refractivity (Wildman–Crippen MR) is 84.0 cm³/mol. The third kappa shape index (κ3) is 4.50. The van der Waals surface area contributed by atoms with Crippen molar-refractivity contribution in [3.8, 4) is 5.75 Å². The minimum atomic E-state index is 0.317. The second-order valence-electron chi connectivity index (χ2n) is 4.87. The largest absolute Gasteiger partial charge is 0.485 e. The number of hydrogen-bond donors (Lipinski definition) is 1. The van der Waals surface area contributed by atoms with Crippen molar-refractivity contribution in [2.24, 2.45) is 7.05 Å². The summed E-state index contributed by atoms with van der Waals surface area (Å²) in [6.45, 7) is 6.26. The molecule has 0 aliphatic rings. The van der Waals surface area contributed by atoms with Crippen LogP contribution in [0.15, 0.2) is 16.6 Å². The van der Waals surface area contributed by atoms with Crippen LogP contribution in [0.25, 0.3) is 0 Å².